The summed E-state index contributed by atoms with van der Waals surface area (Å²) in [6, 6.07) is 0. The summed E-state index contributed by atoms with van der Waals surface area (Å²) in [5, 5.41) is 12.8. The molecule has 0 aliphatic carbocycles. The first-order valence-corrected chi connectivity index (χ1v) is 5.35. The second-order valence-corrected chi connectivity index (χ2v) is 4.42. The number of rotatable bonds is 6. The molecule has 0 aromatic heterocycles. The van der Waals surface area contributed by atoms with Crippen LogP contribution < -0.4 is 5.32 Å². The van der Waals surface area contributed by atoms with Gasteiger partial charge in [-0.1, -0.05) is 34.1 Å². The third-order valence-electron chi connectivity index (χ3n) is 3.25. The molecule has 2 heteroatoms. The molecule has 0 saturated carbocycles. The summed E-state index contributed by atoms with van der Waals surface area (Å²) in [6.45, 7) is 8.74. The molecule has 0 aliphatic heterocycles. The van der Waals surface area contributed by atoms with Crippen LogP contribution in [0.4, 0.5) is 0 Å². The van der Waals surface area contributed by atoms with Gasteiger partial charge in [-0.15, -0.1) is 0 Å². The number of hydrogen-bond donors (Lipinski definition) is 2. The van der Waals surface area contributed by atoms with Gasteiger partial charge in [0.25, 0.3) is 0 Å². The molecule has 0 amide bonds. The van der Waals surface area contributed by atoms with Crippen molar-refractivity contribution in [3.63, 3.8) is 0 Å². The lowest BCUT2D eigenvalue weighted by molar-refractivity contribution is -0.00225. The maximum absolute atomic E-state index is 9.81. The Morgan fingerprint density at radius 3 is 2.23 bits per heavy atom. The van der Waals surface area contributed by atoms with E-state index in [4.69, 9.17) is 0 Å². The summed E-state index contributed by atoms with van der Waals surface area (Å²) in [4.78, 5) is 0. The molecule has 2 N–H and O–H groups in total. The Labute approximate surface area is 82.7 Å². The summed E-state index contributed by atoms with van der Waals surface area (Å²) >= 11 is 0. The zero-order valence-electron chi connectivity index (χ0n) is 9.72. The van der Waals surface area contributed by atoms with E-state index in [2.05, 4.69) is 33.0 Å². The zero-order chi connectivity index (χ0) is 10.5. The average molecular weight is 187 g/mol. The van der Waals surface area contributed by atoms with E-state index in [9.17, 15) is 5.11 Å². The first-order chi connectivity index (χ1) is 6.00. The fraction of sp³-hybridized carbons (Fsp3) is 1.00. The van der Waals surface area contributed by atoms with Crippen molar-refractivity contribution in [3.05, 3.63) is 0 Å². The van der Waals surface area contributed by atoms with Gasteiger partial charge in [-0.2, -0.15) is 0 Å². The van der Waals surface area contributed by atoms with Gasteiger partial charge in [0.1, 0.15) is 6.23 Å². The molecular weight excluding hydrogens is 162 g/mol. The largest absolute Gasteiger partial charge is 0.378 e. The summed E-state index contributed by atoms with van der Waals surface area (Å²) in [7, 11) is 1.81. The van der Waals surface area contributed by atoms with Crippen molar-refractivity contribution in [1.82, 2.24) is 5.32 Å². The number of aliphatic hydroxyl groups excluding tert-OH is 1. The van der Waals surface area contributed by atoms with E-state index in [0.717, 1.165) is 12.8 Å². The molecule has 0 aliphatic rings. The fourth-order valence-electron chi connectivity index (χ4n) is 1.74. The van der Waals surface area contributed by atoms with Gasteiger partial charge in [0.15, 0.2) is 0 Å². The first kappa shape index (κ1) is 12.9. The summed E-state index contributed by atoms with van der Waals surface area (Å²) in [5.41, 5.74) is 0.0180. The van der Waals surface area contributed by atoms with Gasteiger partial charge in [-0.05, 0) is 25.8 Å². The van der Waals surface area contributed by atoms with Crippen LogP contribution in [0.2, 0.25) is 0 Å². The Balaban J connectivity index is 4.26. The maximum Gasteiger partial charge on any atom is 0.110 e. The van der Waals surface area contributed by atoms with Gasteiger partial charge < -0.3 is 5.11 Å². The van der Waals surface area contributed by atoms with Crippen LogP contribution in [0.25, 0.3) is 0 Å². The lowest BCUT2D eigenvalue weighted by atomic mass is 9.77. The van der Waals surface area contributed by atoms with Crippen molar-refractivity contribution in [2.24, 2.45) is 11.3 Å². The summed E-state index contributed by atoms with van der Waals surface area (Å²) < 4.78 is 0. The molecule has 2 nitrogen and oxygen atoms in total. The van der Waals surface area contributed by atoms with E-state index in [1.54, 1.807) is 0 Å². The van der Waals surface area contributed by atoms with Crippen molar-refractivity contribution in [2.75, 3.05) is 7.05 Å². The number of nitrogens with one attached hydrogen (secondary N) is 1. The molecule has 0 fully saturated rings. The first-order valence-electron chi connectivity index (χ1n) is 5.35. The van der Waals surface area contributed by atoms with Crippen LogP contribution in [-0.4, -0.2) is 18.4 Å². The van der Waals surface area contributed by atoms with Crippen LogP contribution in [0.5, 0.6) is 0 Å². The standard InChI is InChI=1S/C11H25NO/c1-6-9(3)8-11(4,7-2)10(13)12-5/h9-10,12-13H,6-8H2,1-5H3. The second-order valence-electron chi connectivity index (χ2n) is 4.42. The summed E-state index contributed by atoms with van der Waals surface area (Å²) in [6.07, 6.45) is 2.90. The monoisotopic (exact) mass is 187 g/mol. The Bertz CT molecular complexity index is 138. The van der Waals surface area contributed by atoms with E-state index >= 15 is 0 Å². The highest BCUT2D eigenvalue weighted by molar-refractivity contribution is 4.80. The van der Waals surface area contributed by atoms with Crippen molar-refractivity contribution in [2.45, 2.75) is 53.2 Å². The Morgan fingerprint density at radius 1 is 1.38 bits per heavy atom. The van der Waals surface area contributed by atoms with E-state index in [-0.39, 0.29) is 11.6 Å². The molecule has 3 unspecified atom stereocenters. The van der Waals surface area contributed by atoms with E-state index in [1.165, 1.54) is 6.42 Å². The summed E-state index contributed by atoms with van der Waals surface area (Å²) in [5.74, 6) is 0.688. The highest BCUT2D eigenvalue weighted by atomic mass is 16.3. The smallest absolute Gasteiger partial charge is 0.110 e. The van der Waals surface area contributed by atoms with Gasteiger partial charge in [0, 0.05) is 5.41 Å². The van der Waals surface area contributed by atoms with Gasteiger partial charge in [0.2, 0.25) is 0 Å². The SMILES string of the molecule is CCC(C)CC(C)(CC)C(O)NC. The molecule has 0 heterocycles. The number of aliphatic hydroxyl groups is 1. The molecule has 0 radical (unpaired) electrons. The average Bonchev–Trinajstić information content (AvgIpc) is 2.15. The minimum atomic E-state index is -0.383. The van der Waals surface area contributed by atoms with Crippen LogP contribution in [0.3, 0.4) is 0 Å². The Kier molecular flexibility index (Phi) is 5.57. The van der Waals surface area contributed by atoms with E-state index < -0.39 is 0 Å². The molecule has 0 rings (SSSR count). The van der Waals surface area contributed by atoms with Crippen molar-refractivity contribution >= 4 is 0 Å². The fourth-order valence-corrected chi connectivity index (χ4v) is 1.74. The third-order valence-corrected chi connectivity index (χ3v) is 3.25. The van der Waals surface area contributed by atoms with Crippen LogP contribution in [0.15, 0.2) is 0 Å². The predicted molar refractivity (Wildman–Crippen MR) is 57.5 cm³/mol. The van der Waals surface area contributed by atoms with Gasteiger partial charge in [-0.3, -0.25) is 5.32 Å². The van der Waals surface area contributed by atoms with Gasteiger partial charge in [0.05, 0.1) is 0 Å². The minimum absolute atomic E-state index is 0.0180. The second kappa shape index (κ2) is 5.61. The predicted octanol–water partition coefficient (Wildman–Crippen LogP) is 2.38. The minimum Gasteiger partial charge on any atom is -0.378 e. The maximum atomic E-state index is 9.81. The van der Waals surface area contributed by atoms with E-state index in [1.807, 2.05) is 7.05 Å². The topological polar surface area (TPSA) is 32.3 Å². The normalized spacial score (nSPS) is 20.8. The quantitative estimate of drug-likeness (QED) is 0.626. The van der Waals surface area contributed by atoms with Crippen molar-refractivity contribution in [3.8, 4) is 0 Å². The van der Waals surface area contributed by atoms with E-state index in [0.29, 0.717) is 5.92 Å². The molecule has 13 heavy (non-hydrogen) atoms. The number of hydrogen-bond acceptors (Lipinski definition) is 2. The molecule has 0 spiro atoms. The van der Waals surface area contributed by atoms with Crippen LogP contribution in [-0.2, 0) is 0 Å². The molecule has 3 atom stereocenters. The Morgan fingerprint density at radius 2 is 1.92 bits per heavy atom. The molecule has 0 aromatic carbocycles. The van der Waals surface area contributed by atoms with Gasteiger partial charge in [-0.25, -0.2) is 0 Å². The van der Waals surface area contributed by atoms with Gasteiger partial charge >= 0.3 is 0 Å². The Hall–Kier alpha value is -0.0800. The van der Waals surface area contributed by atoms with Crippen LogP contribution in [0, 0.1) is 11.3 Å². The highest BCUT2D eigenvalue weighted by Gasteiger charge is 2.31. The third kappa shape index (κ3) is 3.65. The molecule has 80 valence electrons. The molecule has 0 bridgehead atoms. The molecule has 0 saturated heterocycles. The van der Waals surface area contributed by atoms with Crippen LogP contribution in [0.1, 0.15) is 47.0 Å². The van der Waals surface area contributed by atoms with Crippen LogP contribution >= 0.6 is 0 Å². The highest BCUT2D eigenvalue weighted by Crippen LogP contribution is 2.33. The molecule has 0 aromatic rings. The van der Waals surface area contributed by atoms with Crippen molar-refractivity contribution < 1.29 is 5.11 Å². The lowest BCUT2D eigenvalue weighted by Gasteiger charge is -2.35. The molecular formula is C11H25NO. The zero-order valence-corrected chi connectivity index (χ0v) is 9.72. The lowest BCUT2D eigenvalue weighted by Crippen LogP contribution is -2.42. The van der Waals surface area contributed by atoms with Crippen molar-refractivity contribution in [1.29, 1.82) is 0 Å².